The molecule has 0 saturated heterocycles. The standard InChI is InChI=1S/C21H23FN2SSi/c1-21(2,3)26(4,5)11-10-14-12-15(6-8-17(14)23)20-24-18-9-7-16(22)13-19(18)25-20/h6-9,12-13H,23H2,1-5H3. The van der Waals surface area contributed by atoms with Crippen molar-refractivity contribution in [1.29, 1.82) is 0 Å². The lowest BCUT2D eigenvalue weighted by molar-refractivity contribution is 0.630. The molecule has 134 valence electrons. The molecule has 1 aromatic heterocycles. The molecular weight excluding hydrogens is 359 g/mol. The lowest BCUT2D eigenvalue weighted by Gasteiger charge is -2.31. The van der Waals surface area contributed by atoms with Crippen molar-refractivity contribution in [3.8, 4) is 22.0 Å². The van der Waals surface area contributed by atoms with Crippen LogP contribution in [0.4, 0.5) is 10.1 Å². The minimum Gasteiger partial charge on any atom is -0.398 e. The predicted octanol–water partition coefficient (Wildman–Crippen LogP) is 6.08. The molecule has 0 radical (unpaired) electrons. The molecule has 0 atom stereocenters. The Morgan fingerprint density at radius 1 is 1.12 bits per heavy atom. The van der Waals surface area contributed by atoms with Crippen LogP contribution in [0.1, 0.15) is 26.3 Å². The molecule has 0 bridgehead atoms. The Morgan fingerprint density at radius 2 is 1.85 bits per heavy atom. The monoisotopic (exact) mass is 382 g/mol. The van der Waals surface area contributed by atoms with Crippen molar-refractivity contribution in [1.82, 2.24) is 4.98 Å². The Hall–Kier alpha value is -2.16. The molecule has 0 aliphatic rings. The molecule has 1 heterocycles. The van der Waals surface area contributed by atoms with Crippen LogP contribution in [-0.4, -0.2) is 13.1 Å². The second kappa shape index (κ2) is 6.53. The maximum absolute atomic E-state index is 13.4. The highest BCUT2D eigenvalue weighted by Gasteiger charge is 2.33. The number of nitrogens with zero attached hydrogens (tertiary/aromatic N) is 1. The van der Waals surface area contributed by atoms with Crippen molar-refractivity contribution >= 4 is 35.3 Å². The first-order chi connectivity index (χ1) is 12.1. The summed E-state index contributed by atoms with van der Waals surface area (Å²) in [5.74, 6) is 3.07. The van der Waals surface area contributed by atoms with Crippen LogP contribution >= 0.6 is 11.3 Å². The van der Waals surface area contributed by atoms with E-state index in [0.29, 0.717) is 5.69 Å². The summed E-state index contributed by atoms with van der Waals surface area (Å²) in [6.07, 6.45) is 0. The molecule has 26 heavy (non-hydrogen) atoms. The smallest absolute Gasteiger partial charge is 0.138 e. The van der Waals surface area contributed by atoms with Gasteiger partial charge in [0.15, 0.2) is 0 Å². The third-order valence-electron chi connectivity index (χ3n) is 5.04. The summed E-state index contributed by atoms with van der Waals surface area (Å²) >= 11 is 1.48. The van der Waals surface area contributed by atoms with Crippen LogP contribution in [0.5, 0.6) is 0 Å². The molecule has 0 unspecified atom stereocenters. The maximum Gasteiger partial charge on any atom is 0.138 e. The van der Waals surface area contributed by atoms with Crippen LogP contribution in [0.3, 0.4) is 0 Å². The summed E-state index contributed by atoms with van der Waals surface area (Å²) in [5.41, 5.74) is 12.9. The first kappa shape index (κ1) is 18.6. The zero-order valence-corrected chi connectivity index (χ0v) is 17.6. The van der Waals surface area contributed by atoms with Gasteiger partial charge in [0.1, 0.15) is 18.9 Å². The van der Waals surface area contributed by atoms with E-state index >= 15 is 0 Å². The number of aromatic nitrogens is 1. The Balaban J connectivity index is 2.03. The highest BCUT2D eigenvalue weighted by atomic mass is 32.1. The fourth-order valence-electron chi connectivity index (χ4n) is 2.23. The lowest BCUT2D eigenvalue weighted by atomic mass is 10.1. The molecule has 0 amide bonds. The van der Waals surface area contributed by atoms with Gasteiger partial charge in [-0.25, -0.2) is 9.37 Å². The lowest BCUT2D eigenvalue weighted by Crippen LogP contribution is -2.35. The van der Waals surface area contributed by atoms with E-state index in [1.54, 1.807) is 6.07 Å². The van der Waals surface area contributed by atoms with Gasteiger partial charge < -0.3 is 5.73 Å². The van der Waals surface area contributed by atoms with Crippen molar-refractivity contribution in [3.05, 3.63) is 47.8 Å². The van der Waals surface area contributed by atoms with E-state index in [2.05, 4.69) is 50.3 Å². The number of hydrogen-bond donors (Lipinski definition) is 1. The molecule has 0 fully saturated rings. The summed E-state index contributed by atoms with van der Waals surface area (Å²) in [5, 5.41) is 1.05. The van der Waals surface area contributed by atoms with Gasteiger partial charge >= 0.3 is 0 Å². The van der Waals surface area contributed by atoms with Crippen LogP contribution in [0.15, 0.2) is 36.4 Å². The van der Waals surface area contributed by atoms with Gasteiger partial charge in [-0.1, -0.05) is 39.8 Å². The van der Waals surface area contributed by atoms with Crippen molar-refractivity contribution in [2.24, 2.45) is 0 Å². The molecule has 0 aliphatic heterocycles. The zero-order chi connectivity index (χ0) is 19.1. The number of nitrogen functional groups attached to an aromatic ring is 1. The highest BCUT2D eigenvalue weighted by Crippen LogP contribution is 2.36. The summed E-state index contributed by atoms with van der Waals surface area (Å²) in [4.78, 5) is 4.61. The van der Waals surface area contributed by atoms with E-state index in [1.165, 1.54) is 23.5 Å². The second-order valence-electron chi connectivity index (χ2n) is 8.06. The highest BCUT2D eigenvalue weighted by molar-refractivity contribution is 7.21. The van der Waals surface area contributed by atoms with Gasteiger partial charge in [-0.3, -0.25) is 0 Å². The Morgan fingerprint density at radius 3 is 2.54 bits per heavy atom. The molecular formula is C21H23FN2SSi. The first-order valence-corrected chi connectivity index (χ1v) is 12.4. The average molecular weight is 383 g/mol. The number of hydrogen-bond acceptors (Lipinski definition) is 3. The summed E-state index contributed by atoms with van der Waals surface area (Å²) in [7, 11) is -1.71. The Bertz CT molecular complexity index is 1040. The summed E-state index contributed by atoms with van der Waals surface area (Å²) in [6.45, 7) is 11.3. The van der Waals surface area contributed by atoms with Crippen molar-refractivity contribution < 1.29 is 4.39 Å². The van der Waals surface area contributed by atoms with Crippen LogP contribution in [0.25, 0.3) is 20.8 Å². The molecule has 0 aliphatic carbocycles. The van der Waals surface area contributed by atoms with Crippen LogP contribution in [0, 0.1) is 17.3 Å². The van der Waals surface area contributed by atoms with Gasteiger partial charge in [0.25, 0.3) is 0 Å². The largest absolute Gasteiger partial charge is 0.398 e. The van der Waals surface area contributed by atoms with Gasteiger partial charge in [0, 0.05) is 16.8 Å². The third kappa shape index (κ3) is 3.67. The van der Waals surface area contributed by atoms with Gasteiger partial charge in [0.2, 0.25) is 0 Å². The summed E-state index contributed by atoms with van der Waals surface area (Å²) in [6, 6.07) is 10.5. The van der Waals surface area contributed by atoms with Crippen LogP contribution in [-0.2, 0) is 0 Å². The second-order valence-corrected chi connectivity index (χ2v) is 14.1. The Labute approximate surface area is 159 Å². The maximum atomic E-state index is 13.4. The number of nitrogens with two attached hydrogens (primary N) is 1. The zero-order valence-electron chi connectivity index (χ0n) is 15.8. The van der Waals surface area contributed by atoms with E-state index in [-0.39, 0.29) is 10.9 Å². The van der Waals surface area contributed by atoms with E-state index in [1.807, 2.05) is 18.2 Å². The first-order valence-electron chi connectivity index (χ1n) is 8.56. The SMILES string of the molecule is CC(C)(C)[Si](C)(C)C#Cc1cc(-c2nc3ccc(F)cc3s2)ccc1N. The number of benzene rings is 2. The van der Waals surface area contributed by atoms with Gasteiger partial charge in [0.05, 0.1) is 10.2 Å². The van der Waals surface area contributed by atoms with Crippen molar-refractivity contribution in [2.75, 3.05) is 5.73 Å². The fraction of sp³-hybridized carbons (Fsp3) is 0.286. The summed E-state index contributed by atoms with van der Waals surface area (Å²) < 4.78 is 14.3. The number of rotatable bonds is 1. The molecule has 0 spiro atoms. The topological polar surface area (TPSA) is 38.9 Å². The van der Waals surface area contributed by atoms with Gasteiger partial charge in [-0.05, 0) is 41.4 Å². The fourth-order valence-corrected chi connectivity index (χ4v) is 4.04. The normalized spacial score (nSPS) is 12.1. The van der Waals surface area contributed by atoms with Crippen LogP contribution in [0.2, 0.25) is 18.1 Å². The Kier molecular flexibility index (Phi) is 4.68. The van der Waals surface area contributed by atoms with Gasteiger partial charge in [-0.2, -0.15) is 0 Å². The molecule has 2 nitrogen and oxygen atoms in total. The molecule has 3 aromatic rings. The number of thiazole rings is 1. The van der Waals surface area contributed by atoms with E-state index in [0.717, 1.165) is 26.4 Å². The quantitative estimate of drug-likeness (QED) is 0.314. The molecule has 3 rings (SSSR count). The average Bonchev–Trinajstić information content (AvgIpc) is 2.96. The minimum atomic E-state index is -1.71. The van der Waals surface area contributed by atoms with E-state index in [9.17, 15) is 4.39 Å². The number of fused-ring (bicyclic) bond motifs is 1. The molecule has 5 heteroatoms. The number of halogens is 1. The van der Waals surface area contributed by atoms with Crippen molar-refractivity contribution in [3.63, 3.8) is 0 Å². The minimum absolute atomic E-state index is 0.198. The van der Waals surface area contributed by atoms with Crippen molar-refractivity contribution in [2.45, 2.75) is 38.9 Å². The predicted molar refractivity (Wildman–Crippen MR) is 114 cm³/mol. The van der Waals surface area contributed by atoms with Crippen LogP contribution < -0.4 is 5.73 Å². The number of anilines is 1. The molecule has 2 aromatic carbocycles. The van der Waals surface area contributed by atoms with E-state index < -0.39 is 8.07 Å². The third-order valence-corrected chi connectivity index (χ3v) is 10.6. The van der Waals surface area contributed by atoms with Gasteiger partial charge in [-0.15, -0.1) is 16.9 Å². The molecule has 0 saturated carbocycles. The van der Waals surface area contributed by atoms with E-state index in [4.69, 9.17) is 5.73 Å². The molecule has 2 N–H and O–H groups in total.